The van der Waals surface area contributed by atoms with Gasteiger partial charge >= 0.3 is 0 Å². The van der Waals surface area contributed by atoms with E-state index < -0.39 is 5.54 Å². The van der Waals surface area contributed by atoms with E-state index in [4.69, 9.17) is 0 Å². The summed E-state index contributed by atoms with van der Waals surface area (Å²) in [7, 11) is 0. The minimum atomic E-state index is -0.443. The van der Waals surface area contributed by atoms with Gasteiger partial charge in [-0.05, 0) is 31.0 Å². The summed E-state index contributed by atoms with van der Waals surface area (Å²) in [6.07, 6.45) is 5.47. The predicted octanol–water partition coefficient (Wildman–Crippen LogP) is 1.60. The molecule has 2 aromatic heterocycles. The molecular formula is C14H17N3O2. The molecule has 0 bridgehead atoms. The molecule has 0 spiro atoms. The summed E-state index contributed by atoms with van der Waals surface area (Å²) in [4.78, 5) is 19.4. The lowest BCUT2D eigenvalue weighted by atomic mass is 9.99. The Kier molecular flexibility index (Phi) is 2.98. The van der Waals surface area contributed by atoms with E-state index in [0.717, 1.165) is 31.1 Å². The number of aromatic nitrogens is 2. The lowest BCUT2D eigenvalue weighted by molar-refractivity contribution is 0.0834. The number of aromatic amines is 1. The van der Waals surface area contributed by atoms with Crippen LogP contribution in [0, 0.1) is 0 Å². The second kappa shape index (κ2) is 4.66. The van der Waals surface area contributed by atoms with Crippen molar-refractivity contribution in [2.75, 3.05) is 6.61 Å². The fourth-order valence-corrected chi connectivity index (χ4v) is 2.76. The Morgan fingerprint density at radius 3 is 2.95 bits per heavy atom. The Labute approximate surface area is 111 Å². The van der Waals surface area contributed by atoms with Gasteiger partial charge in [0.2, 0.25) is 0 Å². The molecule has 19 heavy (non-hydrogen) atoms. The summed E-state index contributed by atoms with van der Waals surface area (Å²) in [5.74, 6) is -0.172. The van der Waals surface area contributed by atoms with Gasteiger partial charge in [-0.3, -0.25) is 4.79 Å². The molecule has 0 radical (unpaired) electrons. The molecule has 3 N–H and O–H groups in total. The summed E-state index contributed by atoms with van der Waals surface area (Å²) in [6, 6.07) is 5.54. The van der Waals surface area contributed by atoms with Gasteiger partial charge in [0, 0.05) is 11.6 Å². The smallest absolute Gasteiger partial charge is 0.268 e. The maximum atomic E-state index is 12.3. The van der Waals surface area contributed by atoms with Crippen LogP contribution in [-0.4, -0.2) is 33.1 Å². The highest BCUT2D eigenvalue weighted by atomic mass is 16.3. The van der Waals surface area contributed by atoms with Gasteiger partial charge in [0.1, 0.15) is 11.3 Å². The molecule has 3 rings (SSSR count). The van der Waals surface area contributed by atoms with Gasteiger partial charge in [0.05, 0.1) is 12.1 Å². The largest absolute Gasteiger partial charge is 0.394 e. The summed E-state index contributed by atoms with van der Waals surface area (Å²) >= 11 is 0. The van der Waals surface area contributed by atoms with Crippen molar-refractivity contribution < 1.29 is 9.90 Å². The van der Waals surface area contributed by atoms with Gasteiger partial charge in [0.25, 0.3) is 5.91 Å². The molecule has 0 atom stereocenters. The third kappa shape index (κ3) is 2.21. The van der Waals surface area contributed by atoms with Crippen LogP contribution in [0.2, 0.25) is 0 Å². The first-order chi connectivity index (χ1) is 9.22. The molecule has 100 valence electrons. The molecule has 1 fully saturated rings. The van der Waals surface area contributed by atoms with E-state index >= 15 is 0 Å². The minimum Gasteiger partial charge on any atom is -0.394 e. The maximum Gasteiger partial charge on any atom is 0.268 e. The third-order valence-corrected chi connectivity index (χ3v) is 3.88. The van der Waals surface area contributed by atoms with Crippen LogP contribution in [0.1, 0.15) is 36.2 Å². The number of rotatable bonds is 3. The van der Waals surface area contributed by atoms with E-state index in [1.165, 1.54) is 0 Å². The first-order valence-electron chi connectivity index (χ1n) is 6.60. The zero-order valence-corrected chi connectivity index (χ0v) is 10.6. The Bertz CT molecular complexity index is 567. The number of aliphatic hydroxyl groups excluding tert-OH is 1. The van der Waals surface area contributed by atoms with Crippen molar-refractivity contribution in [2.45, 2.75) is 31.2 Å². The van der Waals surface area contributed by atoms with E-state index in [2.05, 4.69) is 15.3 Å². The third-order valence-electron chi connectivity index (χ3n) is 3.88. The number of hydrogen-bond acceptors (Lipinski definition) is 3. The van der Waals surface area contributed by atoms with Gasteiger partial charge in [-0.15, -0.1) is 0 Å². The zero-order valence-electron chi connectivity index (χ0n) is 10.6. The van der Waals surface area contributed by atoms with Crippen molar-refractivity contribution in [3.63, 3.8) is 0 Å². The quantitative estimate of drug-likeness (QED) is 0.783. The molecule has 1 aliphatic rings. The molecule has 5 heteroatoms. The van der Waals surface area contributed by atoms with Gasteiger partial charge < -0.3 is 15.4 Å². The zero-order chi connectivity index (χ0) is 13.3. The van der Waals surface area contributed by atoms with Crippen molar-refractivity contribution in [1.82, 2.24) is 15.3 Å². The SMILES string of the molecule is O=C(NC1(CO)CCCC1)c1cc2cccnc2[nH]1. The highest BCUT2D eigenvalue weighted by Crippen LogP contribution is 2.29. The number of aliphatic hydroxyl groups is 1. The van der Waals surface area contributed by atoms with Crippen molar-refractivity contribution >= 4 is 16.9 Å². The number of fused-ring (bicyclic) bond motifs is 1. The average Bonchev–Trinajstić information content (AvgIpc) is 3.05. The summed E-state index contributed by atoms with van der Waals surface area (Å²) < 4.78 is 0. The van der Waals surface area contributed by atoms with E-state index in [1.54, 1.807) is 12.3 Å². The molecule has 0 aromatic carbocycles. The molecule has 1 amide bonds. The van der Waals surface area contributed by atoms with Gasteiger partial charge in [-0.1, -0.05) is 12.8 Å². The Morgan fingerprint density at radius 2 is 2.26 bits per heavy atom. The summed E-state index contributed by atoms with van der Waals surface area (Å²) in [5.41, 5.74) is 0.757. The second-order valence-electron chi connectivity index (χ2n) is 5.22. The molecule has 0 saturated heterocycles. The second-order valence-corrected chi connectivity index (χ2v) is 5.22. The lowest BCUT2D eigenvalue weighted by Gasteiger charge is -2.27. The number of nitrogens with one attached hydrogen (secondary N) is 2. The summed E-state index contributed by atoms with van der Waals surface area (Å²) in [5, 5.41) is 13.4. The molecule has 2 aromatic rings. The average molecular weight is 259 g/mol. The Hall–Kier alpha value is -1.88. The van der Waals surface area contributed by atoms with Crippen LogP contribution in [0.15, 0.2) is 24.4 Å². The number of pyridine rings is 1. The molecule has 0 unspecified atom stereocenters. The molecular weight excluding hydrogens is 242 g/mol. The number of amides is 1. The van der Waals surface area contributed by atoms with Gasteiger partial charge in [-0.2, -0.15) is 0 Å². The molecule has 0 aliphatic heterocycles. The monoisotopic (exact) mass is 259 g/mol. The first kappa shape index (κ1) is 12.2. The molecule has 1 aliphatic carbocycles. The van der Waals surface area contributed by atoms with Crippen LogP contribution in [0.3, 0.4) is 0 Å². The van der Waals surface area contributed by atoms with E-state index in [-0.39, 0.29) is 12.5 Å². The minimum absolute atomic E-state index is 0.00276. The number of carbonyl (C=O) groups excluding carboxylic acids is 1. The summed E-state index contributed by atoms with van der Waals surface area (Å²) in [6.45, 7) is -0.00276. The maximum absolute atomic E-state index is 12.3. The van der Waals surface area contributed by atoms with Crippen molar-refractivity contribution in [2.24, 2.45) is 0 Å². The van der Waals surface area contributed by atoms with Gasteiger partial charge in [-0.25, -0.2) is 4.98 Å². The Morgan fingerprint density at radius 1 is 1.47 bits per heavy atom. The highest BCUT2D eigenvalue weighted by molar-refractivity contribution is 5.97. The van der Waals surface area contributed by atoms with Crippen LogP contribution in [0.5, 0.6) is 0 Å². The fourth-order valence-electron chi connectivity index (χ4n) is 2.76. The Balaban J connectivity index is 1.83. The molecule has 1 saturated carbocycles. The van der Waals surface area contributed by atoms with Crippen molar-refractivity contribution in [3.8, 4) is 0 Å². The number of H-pyrrole nitrogens is 1. The van der Waals surface area contributed by atoms with Crippen LogP contribution in [0.25, 0.3) is 11.0 Å². The molecule has 5 nitrogen and oxygen atoms in total. The van der Waals surface area contributed by atoms with E-state index in [0.29, 0.717) is 11.3 Å². The van der Waals surface area contributed by atoms with Crippen LogP contribution >= 0.6 is 0 Å². The number of carbonyl (C=O) groups is 1. The number of nitrogens with zero attached hydrogens (tertiary/aromatic N) is 1. The highest BCUT2D eigenvalue weighted by Gasteiger charge is 2.35. The normalized spacial score (nSPS) is 17.7. The fraction of sp³-hybridized carbons (Fsp3) is 0.429. The topological polar surface area (TPSA) is 78.0 Å². The lowest BCUT2D eigenvalue weighted by Crippen LogP contribution is -2.49. The van der Waals surface area contributed by atoms with E-state index in [9.17, 15) is 9.90 Å². The van der Waals surface area contributed by atoms with Crippen molar-refractivity contribution in [1.29, 1.82) is 0 Å². The molecule has 2 heterocycles. The number of hydrogen-bond donors (Lipinski definition) is 3. The van der Waals surface area contributed by atoms with Gasteiger partial charge in [0.15, 0.2) is 0 Å². The first-order valence-corrected chi connectivity index (χ1v) is 6.60. The van der Waals surface area contributed by atoms with Crippen LogP contribution < -0.4 is 5.32 Å². The standard InChI is InChI=1S/C14H17N3O2/c18-9-14(5-1-2-6-14)17-13(19)11-8-10-4-3-7-15-12(10)16-11/h3-4,7-8,18H,1-2,5-6,9H2,(H,15,16)(H,17,19). The van der Waals surface area contributed by atoms with E-state index in [1.807, 2.05) is 12.1 Å². The van der Waals surface area contributed by atoms with Crippen LogP contribution in [-0.2, 0) is 0 Å². The predicted molar refractivity (Wildman–Crippen MR) is 71.8 cm³/mol. The van der Waals surface area contributed by atoms with Crippen LogP contribution in [0.4, 0.5) is 0 Å². The van der Waals surface area contributed by atoms with Crippen molar-refractivity contribution in [3.05, 3.63) is 30.1 Å².